The van der Waals surface area contributed by atoms with Gasteiger partial charge in [-0.25, -0.2) is 0 Å². The van der Waals surface area contributed by atoms with E-state index in [-0.39, 0.29) is 31.4 Å². The first kappa shape index (κ1) is 25.5. The quantitative estimate of drug-likeness (QED) is 0.177. The molecule has 0 aliphatic heterocycles. The average Bonchev–Trinajstić information content (AvgIpc) is 2.66. The molecular formula is C23H40O4. The van der Waals surface area contributed by atoms with Gasteiger partial charge in [0.25, 0.3) is 0 Å². The maximum atomic E-state index is 11.6. The summed E-state index contributed by atoms with van der Waals surface area (Å²) in [5.41, 5.74) is 0. The van der Waals surface area contributed by atoms with Gasteiger partial charge in [0, 0.05) is 19.3 Å². The maximum absolute atomic E-state index is 11.6. The van der Waals surface area contributed by atoms with Gasteiger partial charge in [-0.05, 0) is 19.3 Å². The van der Waals surface area contributed by atoms with Crippen LogP contribution in [0.2, 0.25) is 0 Å². The highest BCUT2D eigenvalue weighted by Crippen LogP contribution is 2.09. The predicted octanol–water partition coefficient (Wildman–Crippen LogP) is 5.97. The van der Waals surface area contributed by atoms with Gasteiger partial charge in [-0.1, -0.05) is 83.5 Å². The second kappa shape index (κ2) is 20.8. The first-order chi connectivity index (χ1) is 13.2. The van der Waals surface area contributed by atoms with Crippen LogP contribution in [0.4, 0.5) is 0 Å². The third-order valence-corrected chi connectivity index (χ3v) is 4.36. The van der Waals surface area contributed by atoms with Crippen molar-refractivity contribution in [1.82, 2.24) is 0 Å². The number of unbranched alkanes of at least 4 members (excludes halogenated alkanes) is 10. The molecule has 0 bridgehead atoms. The van der Waals surface area contributed by atoms with Crippen molar-refractivity contribution >= 4 is 11.9 Å². The van der Waals surface area contributed by atoms with Crippen LogP contribution in [0.25, 0.3) is 0 Å². The number of ether oxygens (including phenoxy) is 2. The second-order valence-corrected chi connectivity index (χ2v) is 7.02. The summed E-state index contributed by atoms with van der Waals surface area (Å²) in [6.45, 7) is 4.97. The molecule has 0 radical (unpaired) electrons. The first-order valence-corrected chi connectivity index (χ1v) is 11.0. The maximum Gasteiger partial charge on any atom is 0.306 e. The summed E-state index contributed by atoms with van der Waals surface area (Å²) in [7, 11) is 0. The van der Waals surface area contributed by atoms with Gasteiger partial charge in [0.2, 0.25) is 0 Å². The van der Waals surface area contributed by atoms with Crippen LogP contribution in [0.15, 0.2) is 0 Å². The summed E-state index contributed by atoms with van der Waals surface area (Å²) in [5.74, 6) is 5.42. The lowest BCUT2D eigenvalue weighted by Gasteiger charge is -2.04. The lowest BCUT2D eigenvalue weighted by Crippen LogP contribution is -2.09. The van der Waals surface area contributed by atoms with Crippen molar-refractivity contribution in [3.05, 3.63) is 0 Å². The fourth-order valence-corrected chi connectivity index (χ4v) is 2.66. The Morgan fingerprint density at radius 1 is 0.630 bits per heavy atom. The van der Waals surface area contributed by atoms with E-state index in [1.807, 2.05) is 0 Å². The molecule has 27 heavy (non-hydrogen) atoms. The Kier molecular flexibility index (Phi) is 19.7. The molecule has 0 aliphatic carbocycles. The molecule has 0 atom stereocenters. The van der Waals surface area contributed by atoms with Crippen LogP contribution in [-0.2, 0) is 19.1 Å². The zero-order chi connectivity index (χ0) is 20.0. The lowest BCUT2D eigenvalue weighted by atomic mass is 10.1. The Hall–Kier alpha value is -1.50. The van der Waals surface area contributed by atoms with E-state index in [2.05, 4.69) is 25.7 Å². The van der Waals surface area contributed by atoms with Crippen LogP contribution in [0, 0.1) is 11.8 Å². The van der Waals surface area contributed by atoms with Gasteiger partial charge in [-0.2, -0.15) is 0 Å². The Labute approximate surface area is 166 Å². The van der Waals surface area contributed by atoms with Crippen LogP contribution in [-0.4, -0.2) is 25.2 Å². The lowest BCUT2D eigenvalue weighted by molar-refractivity contribution is -0.145. The van der Waals surface area contributed by atoms with Crippen LogP contribution < -0.4 is 0 Å². The average molecular weight is 381 g/mol. The smallest absolute Gasteiger partial charge is 0.306 e. The Morgan fingerprint density at radius 2 is 1.19 bits per heavy atom. The number of carbonyl (C=O) groups is 2. The number of carbonyl (C=O) groups excluding carboxylic acids is 2. The molecule has 0 heterocycles. The number of rotatable bonds is 17. The fourth-order valence-electron chi connectivity index (χ4n) is 2.66. The molecule has 0 amide bonds. The largest absolute Gasteiger partial charge is 0.466 e. The number of esters is 2. The summed E-state index contributed by atoms with van der Waals surface area (Å²) >= 11 is 0. The first-order valence-electron chi connectivity index (χ1n) is 11.0. The highest BCUT2D eigenvalue weighted by atomic mass is 16.5. The molecule has 0 fully saturated rings. The van der Waals surface area contributed by atoms with Crippen LogP contribution >= 0.6 is 0 Å². The third-order valence-electron chi connectivity index (χ3n) is 4.36. The Bertz CT molecular complexity index is 420. The van der Waals surface area contributed by atoms with E-state index in [1.54, 1.807) is 0 Å². The molecule has 0 aromatic heterocycles. The number of hydrogen-bond acceptors (Lipinski definition) is 4. The van der Waals surface area contributed by atoms with Crippen molar-refractivity contribution in [2.45, 2.75) is 110 Å². The van der Waals surface area contributed by atoms with E-state index in [4.69, 9.17) is 9.47 Å². The molecule has 0 saturated heterocycles. The molecule has 0 rings (SSSR count). The van der Waals surface area contributed by atoms with Gasteiger partial charge in [0.05, 0.1) is 6.61 Å². The minimum Gasteiger partial charge on any atom is -0.466 e. The molecule has 0 aromatic rings. The van der Waals surface area contributed by atoms with Gasteiger partial charge in [-0.15, -0.1) is 0 Å². The predicted molar refractivity (Wildman–Crippen MR) is 110 cm³/mol. The summed E-state index contributed by atoms with van der Waals surface area (Å²) in [6, 6.07) is 0. The SMILES string of the molecule is CCCCCCCCCCC#CCOC(=O)CCCC(=O)OCCCCC. The van der Waals surface area contributed by atoms with Gasteiger partial charge in [0.1, 0.15) is 0 Å². The molecule has 0 unspecified atom stereocenters. The van der Waals surface area contributed by atoms with Crippen molar-refractivity contribution < 1.29 is 19.1 Å². The molecule has 0 aliphatic rings. The molecule has 156 valence electrons. The van der Waals surface area contributed by atoms with Gasteiger partial charge in [0.15, 0.2) is 6.61 Å². The van der Waals surface area contributed by atoms with E-state index in [1.165, 1.54) is 44.9 Å². The normalized spacial score (nSPS) is 10.1. The Balaban J connectivity index is 3.41. The summed E-state index contributed by atoms with van der Waals surface area (Å²) < 4.78 is 10.1. The minimum atomic E-state index is -0.296. The van der Waals surface area contributed by atoms with Gasteiger partial charge >= 0.3 is 11.9 Å². The van der Waals surface area contributed by atoms with Crippen molar-refractivity contribution in [2.24, 2.45) is 0 Å². The summed E-state index contributed by atoms with van der Waals surface area (Å²) in [5, 5.41) is 0. The highest BCUT2D eigenvalue weighted by molar-refractivity contribution is 5.72. The van der Waals surface area contributed by atoms with E-state index < -0.39 is 0 Å². The second-order valence-electron chi connectivity index (χ2n) is 7.02. The third kappa shape index (κ3) is 20.7. The van der Waals surface area contributed by atoms with E-state index >= 15 is 0 Å². The standard InChI is InChI=1S/C23H40O4/c1-3-5-7-8-9-10-11-12-13-14-16-21-27-23(25)19-17-18-22(24)26-20-15-6-4-2/h3-13,15,17-21H2,1-2H3. The molecule has 0 aromatic carbocycles. The summed E-state index contributed by atoms with van der Waals surface area (Å²) in [4.78, 5) is 23.0. The van der Waals surface area contributed by atoms with Crippen molar-refractivity contribution in [3.63, 3.8) is 0 Å². The molecule has 0 saturated carbocycles. The highest BCUT2D eigenvalue weighted by Gasteiger charge is 2.06. The Morgan fingerprint density at radius 3 is 1.85 bits per heavy atom. The molecule has 0 spiro atoms. The van der Waals surface area contributed by atoms with Crippen LogP contribution in [0.3, 0.4) is 0 Å². The van der Waals surface area contributed by atoms with E-state index in [0.29, 0.717) is 13.0 Å². The summed E-state index contributed by atoms with van der Waals surface area (Å²) in [6.07, 6.45) is 15.3. The van der Waals surface area contributed by atoms with Gasteiger partial charge < -0.3 is 9.47 Å². The van der Waals surface area contributed by atoms with Gasteiger partial charge in [-0.3, -0.25) is 9.59 Å². The minimum absolute atomic E-state index is 0.150. The van der Waals surface area contributed by atoms with E-state index in [9.17, 15) is 9.59 Å². The molecule has 0 N–H and O–H groups in total. The van der Waals surface area contributed by atoms with Crippen molar-refractivity contribution in [3.8, 4) is 11.8 Å². The number of hydrogen-bond donors (Lipinski definition) is 0. The fraction of sp³-hybridized carbons (Fsp3) is 0.826. The van der Waals surface area contributed by atoms with Crippen molar-refractivity contribution in [1.29, 1.82) is 0 Å². The zero-order valence-corrected chi connectivity index (χ0v) is 17.7. The zero-order valence-electron chi connectivity index (χ0n) is 17.7. The van der Waals surface area contributed by atoms with Crippen LogP contribution in [0.5, 0.6) is 0 Å². The molecular weight excluding hydrogens is 340 g/mol. The molecule has 4 nitrogen and oxygen atoms in total. The van der Waals surface area contributed by atoms with Crippen LogP contribution in [0.1, 0.15) is 110 Å². The molecule has 4 heteroatoms. The monoisotopic (exact) mass is 380 g/mol. The topological polar surface area (TPSA) is 52.6 Å². The van der Waals surface area contributed by atoms with E-state index in [0.717, 1.165) is 32.1 Å². The van der Waals surface area contributed by atoms with Crippen molar-refractivity contribution in [2.75, 3.05) is 13.2 Å².